The van der Waals surface area contributed by atoms with Gasteiger partial charge in [-0.3, -0.25) is 0 Å². The van der Waals surface area contributed by atoms with E-state index in [-0.39, 0.29) is 18.8 Å². The first-order valence-corrected chi connectivity index (χ1v) is 10.0. The molecule has 2 aromatic rings. The second-order valence-corrected chi connectivity index (χ2v) is 7.15. The number of benzene rings is 2. The molecule has 150 valence electrons. The summed E-state index contributed by atoms with van der Waals surface area (Å²) < 4.78 is 17.7. The topological polar surface area (TPSA) is 47.9 Å². The van der Waals surface area contributed by atoms with E-state index in [0.717, 1.165) is 24.0 Å². The zero-order valence-electron chi connectivity index (χ0n) is 16.3. The molecule has 0 unspecified atom stereocenters. The van der Waals surface area contributed by atoms with Crippen molar-refractivity contribution in [2.24, 2.45) is 0 Å². The third kappa shape index (κ3) is 7.21. The Morgan fingerprint density at radius 2 is 1.54 bits per heavy atom. The van der Waals surface area contributed by atoms with Crippen molar-refractivity contribution in [1.29, 1.82) is 0 Å². The Labute approximate surface area is 167 Å². The van der Waals surface area contributed by atoms with E-state index < -0.39 is 6.10 Å². The maximum absolute atomic E-state index is 10.6. The molecule has 0 saturated heterocycles. The Bertz CT molecular complexity index is 686. The van der Waals surface area contributed by atoms with Crippen LogP contribution in [0.3, 0.4) is 0 Å². The molecule has 0 radical (unpaired) electrons. The summed E-state index contributed by atoms with van der Waals surface area (Å²) in [5.41, 5.74) is 2.25. The molecule has 3 rings (SSSR count). The molecule has 1 aliphatic heterocycles. The fraction of sp³-hybridized carbons (Fsp3) is 0.417. The van der Waals surface area contributed by atoms with Crippen molar-refractivity contribution in [3.8, 4) is 0 Å². The molecule has 0 bridgehead atoms. The fourth-order valence-electron chi connectivity index (χ4n) is 3.23. The van der Waals surface area contributed by atoms with Gasteiger partial charge in [0.2, 0.25) is 0 Å². The van der Waals surface area contributed by atoms with Gasteiger partial charge in [-0.1, -0.05) is 72.8 Å². The monoisotopic (exact) mass is 382 g/mol. The first-order chi connectivity index (χ1) is 13.8. The molecular weight excluding hydrogens is 352 g/mol. The molecule has 1 heterocycles. The van der Waals surface area contributed by atoms with Gasteiger partial charge in [0.1, 0.15) is 6.10 Å². The summed E-state index contributed by atoms with van der Waals surface area (Å²) in [6, 6.07) is 20.1. The van der Waals surface area contributed by atoms with E-state index in [1.165, 1.54) is 0 Å². The van der Waals surface area contributed by atoms with Crippen LogP contribution in [-0.4, -0.2) is 36.6 Å². The molecule has 1 aliphatic rings. The van der Waals surface area contributed by atoms with Crippen LogP contribution >= 0.6 is 0 Å². The van der Waals surface area contributed by atoms with Gasteiger partial charge in [-0.2, -0.15) is 0 Å². The first kappa shape index (κ1) is 20.7. The molecule has 28 heavy (non-hydrogen) atoms. The second kappa shape index (κ2) is 11.8. The van der Waals surface area contributed by atoms with E-state index >= 15 is 0 Å². The third-order valence-corrected chi connectivity index (χ3v) is 4.80. The minimum absolute atomic E-state index is 0.0255. The average molecular weight is 383 g/mol. The van der Waals surface area contributed by atoms with E-state index in [1.54, 1.807) is 0 Å². The van der Waals surface area contributed by atoms with Crippen LogP contribution in [0.5, 0.6) is 0 Å². The molecular formula is C24H30O4. The number of aliphatic hydroxyl groups is 1. The number of aliphatic hydroxyl groups excluding tert-OH is 1. The van der Waals surface area contributed by atoms with E-state index in [9.17, 15) is 5.11 Å². The molecule has 0 aromatic heterocycles. The van der Waals surface area contributed by atoms with Gasteiger partial charge in [0.05, 0.1) is 38.6 Å². The van der Waals surface area contributed by atoms with Gasteiger partial charge in [0, 0.05) is 0 Å². The molecule has 1 N–H and O–H groups in total. The molecule has 2 aromatic carbocycles. The minimum Gasteiger partial charge on any atom is -0.388 e. The number of rotatable bonds is 9. The number of allylic oxidation sites excluding steroid dienone is 1. The molecule has 0 saturated carbocycles. The van der Waals surface area contributed by atoms with Crippen LogP contribution in [0.2, 0.25) is 0 Å². The lowest BCUT2D eigenvalue weighted by molar-refractivity contribution is -0.122. The zero-order valence-corrected chi connectivity index (χ0v) is 16.3. The van der Waals surface area contributed by atoms with Crippen LogP contribution < -0.4 is 0 Å². The highest BCUT2D eigenvalue weighted by Gasteiger charge is 2.24. The van der Waals surface area contributed by atoms with Crippen molar-refractivity contribution in [2.75, 3.05) is 13.2 Å². The van der Waals surface area contributed by atoms with E-state index in [4.69, 9.17) is 14.2 Å². The SMILES string of the molecule is O[C@H](COCc1ccccc1)[C@@H]1C/C=C\CC[C@H](COCc2ccccc2)O1. The Morgan fingerprint density at radius 3 is 2.21 bits per heavy atom. The molecule has 4 heteroatoms. The number of hydrogen-bond acceptors (Lipinski definition) is 4. The smallest absolute Gasteiger partial charge is 0.104 e. The van der Waals surface area contributed by atoms with Gasteiger partial charge < -0.3 is 19.3 Å². The Morgan fingerprint density at radius 1 is 0.893 bits per heavy atom. The highest BCUT2D eigenvalue weighted by atomic mass is 16.5. The van der Waals surface area contributed by atoms with E-state index in [0.29, 0.717) is 26.2 Å². The van der Waals surface area contributed by atoms with Crippen LogP contribution in [0.4, 0.5) is 0 Å². The molecule has 4 nitrogen and oxygen atoms in total. The van der Waals surface area contributed by atoms with Crippen molar-refractivity contribution < 1.29 is 19.3 Å². The summed E-state index contributed by atoms with van der Waals surface area (Å²) in [4.78, 5) is 0. The van der Waals surface area contributed by atoms with Crippen molar-refractivity contribution >= 4 is 0 Å². The predicted molar refractivity (Wildman–Crippen MR) is 110 cm³/mol. The molecule has 3 atom stereocenters. The average Bonchev–Trinajstić information content (AvgIpc) is 2.71. The van der Waals surface area contributed by atoms with Crippen LogP contribution in [-0.2, 0) is 27.4 Å². The van der Waals surface area contributed by atoms with Crippen molar-refractivity contribution in [3.05, 3.63) is 83.9 Å². The standard InChI is InChI=1S/C24H30O4/c25-23(19-27-17-21-12-6-2-7-13-21)24-15-9-3-8-14-22(28-24)18-26-16-20-10-4-1-5-11-20/h1-7,9-13,22-25H,8,14-19H2/b9-3-/t22-,23-,24+/m1/s1. The maximum Gasteiger partial charge on any atom is 0.104 e. The van der Waals surface area contributed by atoms with Gasteiger partial charge in [-0.05, 0) is 30.4 Å². The summed E-state index contributed by atoms with van der Waals surface area (Å²) >= 11 is 0. The number of ether oxygens (including phenoxy) is 3. The quantitative estimate of drug-likeness (QED) is 0.658. The second-order valence-electron chi connectivity index (χ2n) is 7.15. The van der Waals surface area contributed by atoms with Gasteiger partial charge >= 0.3 is 0 Å². The van der Waals surface area contributed by atoms with Crippen LogP contribution in [0.15, 0.2) is 72.8 Å². The number of hydrogen-bond donors (Lipinski definition) is 1. The summed E-state index contributed by atoms with van der Waals surface area (Å²) in [6.07, 6.45) is 5.82. The lowest BCUT2D eigenvalue weighted by atomic mass is 10.1. The molecule has 0 spiro atoms. The normalized spacial score (nSPS) is 22.2. The Hall–Kier alpha value is -1.98. The van der Waals surface area contributed by atoms with E-state index in [1.807, 2.05) is 48.5 Å². The molecule has 0 fully saturated rings. The third-order valence-electron chi connectivity index (χ3n) is 4.80. The Balaban J connectivity index is 1.44. The van der Waals surface area contributed by atoms with Gasteiger partial charge in [0.25, 0.3) is 0 Å². The maximum atomic E-state index is 10.6. The van der Waals surface area contributed by atoms with Crippen molar-refractivity contribution in [1.82, 2.24) is 0 Å². The fourth-order valence-corrected chi connectivity index (χ4v) is 3.23. The van der Waals surface area contributed by atoms with Crippen molar-refractivity contribution in [3.63, 3.8) is 0 Å². The Kier molecular flexibility index (Phi) is 8.72. The first-order valence-electron chi connectivity index (χ1n) is 10.0. The summed E-state index contributed by atoms with van der Waals surface area (Å²) in [7, 11) is 0. The highest BCUT2D eigenvalue weighted by Crippen LogP contribution is 2.18. The van der Waals surface area contributed by atoms with Crippen LogP contribution in [0, 0.1) is 0 Å². The van der Waals surface area contributed by atoms with Gasteiger partial charge in [-0.15, -0.1) is 0 Å². The minimum atomic E-state index is -0.664. The highest BCUT2D eigenvalue weighted by molar-refractivity contribution is 5.14. The summed E-state index contributed by atoms with van der Waals surface area (Å²) in [5, 5.41) is 10.6. The largest absolute Gasteiger partial charge is 0.388 e. The van der Waals surface area contributed by atoms with E-state index in [2.05, 4.69) is 24.3 Å². The van der Waals surface area contributed by atoms with Crippen molar-refractivity contribution in [2.45, 2.75) is 50.8 Å². The van der Waals surface area contributed by atoms with Crippen LogP contribution in [0.1, 0.15) is 30.4 Å². The lowest BCUT2D eigenvalue weighted by Gasteiger charge is -2.29. The molecule has 0 aliphatic carbocycles. The van der Waals surface area contributed by atoms with Gasteiger partial charge in [-0.25, -0.2) is 0 Å². The summed E-state index contributed by atoms with van der Waals surface area (Å²) in [6.45, 7) is 1.84. The zero-order chi connectivity index (χ0) is 19.4. The summed E-state index contributed by atoms with van der Waals surface area (Å²) in [5.74, 6) is 0. The van der Waals surface area contributed by atoms with Gasteiger partial charge in [0.15, 0.2) is 0 Å². The molecule has 0 amide bonds. The predicted octanol–water partition coefficient (Wildman–Crippen LogP) is 4.27. The lowest BCUT2D eigenvalue weighted by Crippen LogP contribution is -2.37. The van der Waals surface area contributed by atoms with Crippen LogP contribution in [0.25, 0.3) is 0 Å².